The Hall–Kier alpha value is -0.0800. The highest BCUT2D eigenvalue weighted by Gasteiger charge is 2.19. The molecule has 1 unspecified atom stereocenters. The minimum atomic E-state index is -0.132. The molecule has 2 nitrogen and oxygen atoms in total. The van der Waals surface area contributed by atoms with E-state index in [4.69, 9.17) is 5.11 Å². The predicted octanol–water partition coefficient (Wildman–Crippen LogP) is 1.29. The molecule has 0 saturated carbocycles. The molecule has 0 aromatic rings. The van der Waals surface area contributed by atoms with Crippen LogP contribution in [0.1, 0.15) is 39.5 Å². The van der Waals surface area contributed by atoms with Gasteiger partial charge in [-0.25, -0.2) is 0 Å². The first-order chi connectivity index (χ1) is 5.18. The molecule has 0 spiro atoms. The summed E-state index contributed by atoms with van der Waals surface area (Å²) in [6.45, 7) is 4.08. The molecule has 2 N–H and O–H groups in total. The predicted molar refractivity (Wildman–Crippen MR) is 46.5 cm³/mol. The summed E-state index contributed by atoms with van der Waals surface area (Å²) < 4.78 is 0. The van der Waals surface area contributed by atoms with Crippen LogP contribution in [0, 0.1) is 0 Å². The van der Waals surface area contributed by atoms with Gasteiger partial charge in [0.1, 0.15) is 0 Å². The van der Waals surface area contributed by atoms with Crippen molar-refractivity contribution in [3.63, 3.8) is 0 Å². The van der Waals surface area contributed by atoms with Crippen LogP contribution in [0.5, 0.6) is 0 Å². The second-order valence-corrected chi connectivity index (χ2v) is 3.77. The lowest BCUT2D eigenvalue weighted by Gasteiger charge is -2.12. The molecular formula is C9H19NO. The van der Waals surface area contributed by atoms with Crippen molar-refractivity contribution in [3.8, 4) is 0 Å². The molecule has 0 amide bonds. The van der Waals surface area contributed by atoms with E-state index >= 15 is 0 Å². The largest absolute Gasteiger partial charge is 0.393 e. The maximum absolute atomic E-state index is 9.05. The molecule has 0 bridgehead atoms. The van der Waals surface area contributed by atoms with Crippen LogP contribution in [0.25, 0.3) is 0 Å². The molecule has 1 saturated heterocycles. The summed E-state index contributed by atoms with van der Waals surface area (Å²) in [5.41, 5.74) is 0. The molecular weight excluding hydrogens is 138 g/mol. The van der Waals surface area contributed by atoms with Crippen LogP contribution in [0.4, 0.5) is 0 Å². The zero-order valence-electron chi connectivity index (χ0n) is 7.51. The lowest BCUT2D eigenvalue weighted by atomic mass is 10.1. The third-order valence-electron chi connectivity index (χ3n) is 2.40. The Morgan fingerprint density at radius 3 is 2.73 bits per heavy atom. The molecule has 11 heavy (non-hydrogen) atoms. The van der Waals surface area contributed by atoms with Crippen molar-refractivity contribution >= 4 is 0 Å². The van der Waals surface area contributed by atoms with Crippen LogP contribution < -0.4 is 5.32 Å². The summed E-state index contributed by atoms with van der Waals surface area (Å²) in [6, 6.07) is 1.36. The van der Waals surface area contributed by atoms with E-state index in [1.807, 2.05) is 6.92 Å². The van der Waals surface area contributed by atoms with Gasteiger partial charge in [0.25, 0.3) is 0 Å². The van der Waals surface area contributed by atoms with E-state index in [0.29, 0.717) is 12.1 Å². The van der Waals surface area contributed by atoms with Gasteiger partial charge in [0, 0.05) is 12.1 Å². The van der Waals surface area contributed by atoms with Crippen molar-refractivity contribution in [3.05, 3.63) is 0 Å². The van der Waals surface area contributed by atoms with E-state index in [1.54, 1.807) is 0 Å². The molecule has 0 aliphatic carbocycles. The van der Waals surface area contributed by atoms with Crippen LogP contribution in [0.15, 0.2) is 0 Å². The average molecular weight is 157 g/mol. The van der Waals surface area contributed by atoms with Crippen LogP contribution in [0.3, 0.4) is 0 Å². The summed E-state index contributed by atoms with van der Waals surface area (Å²) in [5.74, 6) is 0. The third-order valence-corrected chi connectivity index (χ3v) is 2.40. The van der Waals surface area contributed by atoms with Gasteiger partial charge in [-0.15, -0.1) is 0 Å². The Bertz CT molecular complexity index is 114. The third kappa shape index (κ3) is 3.21. The van der Waals surface area contributed by atoms with Gasteiger partial charge in [0.05, 0.1) is 6.10 Å². The van der Waals surface area contributed by atoms with Gasteiger partial charge in [0.15, 0.2) is 0 Å². The fraction of sp³-hybridized carbons (Fsp3) is 1.00. The SMILES string of the molecule is CC(O)CC[C@@H]1CC[C@@H](C)N1. The first-order valence-electron chi connectivity index (χ1n) is 4.62. The first-order valence-corrected chi connectivity index (χ1v) is 4.62. The lowest BCUT2D eigenvalue weighted by Crippen LogP contribution is -2.27. The monoisotopic (exact) mass is 157 g/mol. The summed E-state index contributed by atoms with van der Waals surface area (Å²) >= 11 is 0. The standard InChI is InChI=1S/C9H19NO/c1-7-3-5-9(10-7)6-4-8(2)11/h7-11H,3-6H2,1-2H3/t7-,8?,9+/m1/s1. The maximum Gasteiger partial charge on any atom is 0.0512 e. The summed E-state index contributed by atoms with van der Waals surface area (Å²) in [5, 5.41) is 12.5. The van der Waals surface area contributed by atoms with Crippen LogP contribution >= 0.6 is 0 Å². The average Bonchev–Trinajstić information content (AvgIpc) is 2.31. The highest BCUT2D eigenvalue weighted by Crippen LogP contribution is 2.16. The number of rotatable bonds is 3. The molecule has 1 heterocycles. The van der Waals surface area contributed by atoms with E-state index in [2.05, 4.69) is 12.2 Å². The number of aliphatic hydroxyl groups is 1. The van der Waals surface area contributed by atoms with Gasteiger partial charge < -0.3 is 10.4 Å². The normalized spacial score (nSPS) is 34.1. The number of aliphatic hydroxyl groups excluding tert-OH is 1. The lowest BCUT2D eigenvalue weighted by molar-refractivity contribution is 0.177. The van der Waals surface area contributed by atoms with E-state index in [1.165, 1.54) is 12.8 Å². The fourth-order valence-electron chi connectivity index (χ4n) is 1.69. The van der Waals surface area contributed by atoms with Gasteiger partial charge in [0.2, 0.25) is 0 Å². The minimum Gasteiger partial charge on any atom is -0.393 e. The van der Waals surface area contributed by atoms with Gasteiger partial charge in [-0.1, -0.05) is 0 Å². The van der Waals surface area contributed by atoms with E-state index in [0.717, 1.165) is 12.8 Å². The highest BCUT2D eigenvalue weighted by atomic mass is 16.3. The highest BCUT2D eigenvalue weighted by molar-refractivity contribution is 4.80. The Morgan fingerprint density at radius 1 is 1.55 bits per heavy atom. The maximum atomic E-state index is 9.05. The Balaban J connectivity index is 2.08. The minimum absolute atomic E-state index is 0.132. The second kappa shape index (κ2) is 4.07. The van der Waals surface area contributed by atoms with Gasteiger partial charge in [-0.2, -0.15) is 0 Å². The fourth-order valence-corrected chi connectivity index (χ4v) is 1.69. The quantitative estimate of drug-likeness (QED) is 0.647. The number of nitrogens with one attached hydrogen (secondary N) is 1. The van der Waals surface area contributed by atoms with Crippen LogP contribution in [0.2, 0.25) is 0 Å². The topological polar surface area (TPSA) is 32.3 Å². The Labute approximate surface area is 69.0 Å². The molecule has 1 fully saturated rings. The molecule has 0 aromatic heterocycles. The van der Waals surface area contributed by atoms with Crippen LogP contribution in [-0.2, 0) is 0 Å². The second-order valence-electron chi connectivity index (χ2n) is 3.77. The van der Waals surface area contributed by atoms with E-state index < -0.39 is 0 Å². The van der Waals surface area contributed by atoms with Crippen molar-refractivity contribution in [2.75, 3.05) is 0 Å². The first kappa shape index (κ1) is 9.01. The summed E-state index contributed by atoms with van der Waals surface area (Å²) in [6.07, 6.45) is 4.51. The zero-order chi connectivity index (χ0) is 8.27. The van der Waals surface area contributed by atoms with Gasteiger partial charge in [-0.3, -0.25) is 0 Å². The van der Waals surface area contributed by atoms with Crippen LogP contribution in [-0.4, -0.2) is 23.3 Å². The number of hydrogen-bond acceptors (Lipinski definition) is 2. The molecule has 1 aliphatic heterocycles. The summed E-state index contributed by atoms with van der Waals surface area (Å²) in [4.78, 5) is 0. The van der Waals surface area contributed by atoms with Crippen molar-refractivity contribution in [2.24, 2.45) is 0 Å². The van der Waals surface area contributed by atoms with Crippen molar-refractivity contribution in [1.29, 1.82) is 0 Å². The van der Waals surface area contributed by atoms with Gasteiger partial charge in [-0.05, 0) is 39.5 Å². The molecule has 66 valence electrons. The van der Waals surface area contributed by atoms with E-state index in [9.17, 15) is 0 Å². The number of hydrogen-bond donors (Lipinski definition) is 2. The van der Waals surface area contributed by atoms with E-state index in [-0.39, 0.29) is 6.10 Å². The molecule has 3 atom stereocenters. The van der Waals surface area contributed by atoms with Crippen molar-refractivity contribution < 1.29 is 5.11 Å². The Morgan fingerprint density at radius 2 is 2.27 bits per heavy atom. The molecule has 1 aliphatic rings. The summed E-state index contributed by atoms with van der Waals surface area (Å²) in [7, 11) is 0. The van der Waals surface area contributed by atoms with Crippen molar-refractivity contribution in [2.45, 2.75) is 57.7 Å². The molecule has 1 rings (SSSR count). The van der Waals surface area contributed by atoms with Gasteiger partial charge >= 0.3 is 0 Å². The smallest absolute Gasteiger partial charge is 0.0512 e. The molecule has 0 radical (unpaired) electrons. The molecule has 2 heteroatoms. The molecule has 0 aromatic carbocycles. The zero-order valence-corrected chi connectivity index (χ0v) is 7.51. The Kier molecular flexibility index (Phi) is 3.34. The van der Waals surface area contributed by atoms with Crippen molar-refractivity contribution in [1.82, 2.24) is 5.32 Å².